The van der Waals surface area contributed by atoms with Crippen molar-refractivity contribution in [2.24, 2.45) is 10.8 Å². The SMILES string of the molecule is CCCCCCCCCCCCCC1(C2(C=O)CC2)CC1. The quantitative estimate of drug-likeness (QED) is 0.266. The van der Waals surface area contributed by atoms with E-state index in [1.807, 2.05) is 0 Å². The molecular formula is C20H36O. The lowest BCUT2D eigenvalue weighted by molar-refractivity contribution is -0.114. The van der Waals surface area contributed by atoms with Crippen LogP contribution >= 0.6 is 0 Å². The number of aldehydes is 1. The molecule has 0 saturated heterocycles. The largest absolute Gasteiger partial charge is 0.303 e. The molecule has 0 aliphatic heterocycles. The van der Waals surface area contributed by atoms with Crippen LogP contribution in [0.25, 0.3) is 0 Å². The molecule has 21 heavy (non-hydrogen) atoms. The summed E-state index contributed by atoms with van der Waals surface area (Å²) in [6.07, 6.45) is 23.3. The molecule has 1 heteroatoms. The highest BCUT2D eigenvalue weighted by atomic mass is 16.1. The third-order valence-electron chi connectivity index (χ3n) is 6.18. The van der Waals surface area contributed by atoms with E-state index in [0.29, 0.717) is 5.41 Å². The van der Waals surface area contributed by atoms with Crippen LogP contribution in [-0.2, 0) is 4.79 Å². The minimum Gasteiger partial charge on any atom is -0.303 e. The molecule has 0 aromatic carbocycles. The van der Waals surface area contributed by atoms with Crippen molar-refractivity contribution in [3.8, 4) is 0 Å². The van der Waals surface area contributed by atoms with E-state index < -0.39 is 0 Å². The highest BCUT2D eigenvalue weighted by Gasteiger charge is 2.64. The molecule has 2 saturated carbocycles. The van der Waals surface area contributed by atoms with Gasteiger partial charge in [-0.1, -0.05) is 77.6 Å². The lowest BCUT2D eigenvalue weighted by Crippen LogP contribution is -2.18. The van der Waals surface area contributed by atoms with Crippen LogP contribution in [0.3, 0.4) is 0 Å². The second-order valence-electron chi connectivity index (χ2n) is 7.84. The van der Waals surface area contributed by atoms with E-state index in [1.54, 1.807) is 0 Å². The molecular weight excluding hydrogens is 256 g/mol. The molecule has 0 bridgehead atoms. The predicted octanol–water partition coefficient (Wildman–Crippen LogP) is 6.45. The van der Waals surface area contributed by atoms with E-state index in [-0.39, 0.29) is 5.41 Å². The maximum atomic E-state index is 11.3. The van der Waals surface area contributed by atoms with E-state index >= 15 is 0 Å². The van der Waals surface area contributed by atoms with Gasteiger partial charge in [-0.15, -0.1) is 0 Å². The molecule has 2 rings (SSSR count). The Bertz CT molecular complexity index is 299. The van der Waals surface area contributed by atoms with Gasteiger partial charge < -0.3 is 4.79 Å². The van der Waals surface area contributed by atoms with Gasteiger partial charge in [0.05, 0.1) is 0 Å². The van der Waals surface area contributed by atoms with Gasteiger partial charge >= 0.3 is 0 Å². The Balaban J connectivity index is 1.39. The standard InChI is InChI=1S/C20H36O/c1-2-3-4-5-6-7-8-9-10-11-12-13-19(14-15-19)20(18-21)16-17-20/h18H,2-17H2,1H3. The Labute approximate surface area is 132 Å². The molecule has 0 spiro atoms. The van der Waals surface area contributed by atoms with Gasteiger partial charge in [0.1, 0.15) is 6.29 Å². The highest BCUT2D eigenvalue weighted by Crippen LogP contribution is 2.71. The maximum Gasteiger partial charge on any atom is 0.126 e. The zero-order chi connectivity index (χ0) is 15.0. The molecule has 0 heterocycles. The molecule has 0 unspecified atom stereocenters. The summed E-state index contributed by atoms with van der Waals surface area (Å²) in [6, 6.07) is 0. The summed E-state index contributed by atoms with van der Waals surface area (Å²) in [5, 5.41) is 0. The summed E-state index contributed by atoms with van der Waals surface area (Å²) < 4.78 is 0. The summed E-state index contributed by atoms with van der Waals surface area (Å²) in [6.45, 7) is 2.28. The molecule has 2 aliphatic carbocycles. The summed E-state index contributed by atoms with van der Waals surface area (Å²) in [5.74, 6) is 0. The Hall–Kier alpha value is -0.330. The smallest absolute Gasteiger partial charge is 0.126 e. The van der Waals surface area contributed by atoms with Crippen LogP contribution in [0.1, 0.15) is 110 Å². The van der Waals surface area contributed by atoms with Crippen molar-refractivity contribution in [1.29, 1.82) is 0 Å². The van der Waals surface area contributed by atoms with Crippen LogP contribution in [-0.4, -0.2) is 6.29 Å². The van der Waals surface area contributed by atoms with E-state index in [1.165, 1.54) is 109 Å². The van der Waals surface area contributed by atoms with Crippen LogP contribution in [0.5, 0.6) is 0 Å². The van der Waals surface area contributed by atoms with Gasteiger partial charge in [0.25, 0.3) is 0 Å². The molecule has 122 valence electrons. The van der Waals surface area contributed by atoms with E-state index in [9.17, 15) is 4.79 Å². The van der Waals surface area contributed by atoms with Crippen molar-refractivity contribution in [2.75, 3.05) is 0 Å². The van der Waals surface area contributed by atoms with Crippen molar-refractivity contribution >= 4 is 6.29 Å². The topological polar surface area (TPSA) is 17.1 Å². The predicted molar refractivity (Wildman–Crippen MR) is 90.5 cm³/mol. The van der Waals surface area contributed by atoms with Crippen LogP contribution in [0, 0.1) is 10.8 Å². The fourth-order valence-corrected chi connectivity index (χ4v) is 4.18. The molecule has 0 amide bonds. The van der Waals surface area contributed by atoms with Crippen molar-refractivity contribution < 1.29 is 4.79 Å². The van der Waals surface area contributed by atoms with Gasteiger partial charge in [-0.25, -0.2) is 0 Å². The molecule has 0 N–H and O–H groups in total. The summed E-state index contributed by atoms with van der Waals surface area (Å²) in [7, 11) is 0. The number of hydrogen-bond acceptors (Lipinski definition) is 1. The average molecular weight is 293 g/mol. The second-order valence-corrected chi connectivity index (χ2v) is 7.84. The Morgan fingerprint density at radius 1 is 0.714 bits per heavy atom. The van der Waals surface area contributed by atoms with Crippen molar-refractivity contribution in [1.82, 2.24) is 0 Å². The monoisotopic (exact) mass is 292 g/mol. The lowest BCUT2D eigenvalue weighted by atomic mass is 9.82. The number of hydrogen-bond donors (Lipinski definition) is 0. The molecule has 2 fully saturated rings. The zero-order valence-corrected chi connectivity index (χ0v) is 14.3. The van der Waals surface area contributed by atoms with E-state index in [2.05, 4.69) is 6.92 Å². The first-order chi connectivity index (χ1) is 10.3. The normalized spacial score (nSPS) is 21.2. The molecule has 0 radical (unpaired) electrons. The van der Waals surface area contributed by atoms with Crippen molar-refractivity contribution in [2.45, 2.75) is 110 Å². The summed E-state index contributed by atoms with van der Waals surface area (Å²) in [4.78, 5) is 11.3. The molecule has 0 aromatic heterocycles. The fourth-order valence-electron chi connectivity index (χ4n) is 4.18. The van der Waals surface area contributed by atoms with Gasteiger partial charge in [-0.2, -0.15) is 0 Å². The van der Waals surface area contributed by atoms with Crippen LogP contribution in [0.15, 0.2) is 0 Å². The first kappa shape index (κ1) is 17.0. The Morgan fingerprint density at radius 3 is 1.57 bits per heavy atom. The molecule has 1 nitrogen and oxygen atoms in total. The lowest BCUT2D eigenvalue weighted by Gasteiger charge is -2.21. The summed E-state index contributed by atoms with van der Waals surface area (Å²) >= 11 is 0. The first-order valence-corrected chi connectivity index (χ1v) is 9.75. The minimum absolute atomic E-state index is 0.158. The Morgan fingerprint density at radius 2 is 1.19 bits per heavy atom. The van der Waals surface area contributed by atoms with Crippen molar-refractivity contribution in [3.05, 3.63) is 0 Å². The molecule has 2 aliphatic rings. The van der Waals surface area contributed by atoms with Gasteiger partial charge in [0, 0.05) is 5.41 Å². The molecule has 0 atom stereocenters. The van der Waals surface area contributed by atoms with Gasteiger partial charge in [-0.05, 0) is 37.5 Å². The fraction of sp³-hybridized carbons (Fsp3) is 0.950. The number of unbranched alkanes of at least 4 members (excludes halogenated alkanes) is 10. The third-order valence-corrected chi connectivity index (χ3v) is 6.18. The van der Waals surface area contributed by atoms with Crippen LogP contribution in [0.2, 0.25) is 0 Å². The second kappa shape index (κ2) is 8.34. The number of carbonyl (C=O) groups is 1. The average Bonchev–Trinajstić information content (AvgIpc) is 3.38. The number of carbonyl (C=O) groups excluding carboxylic acids is 1. The van der Waals surface area contributed by atoms with E-state index in [0.717, 1.165) is 0 Å². The summed E-state index contributed by atoms with van der Waals surface area (Å²) in [5.41, 5.74) is 0.638. The first-order valence-electron chi connectivity index (χ1n) is 9.75. The van der Waals surface area contributed by atoms with Gasteiger partial charge in [0.15, 0.2) is 0 Å². The van der Waals surface area contributed by atoms with E-state index in [4.69, 9.17) is 0 Å². The third kappa shape index (κ3) is 4.83. The zero-order valence-electron chi connectivity index (χ0n) is 14.3. The van der Waals surface area contributed by atoms with Crippen LogP contribution < -0.4 is 0 Å². The van der Waals surface area contributed by atoms with Gasteiger partial charge in [0.2, 0.25) is 0 Å². The van der Waals surface area contributed by atoms with Crippen LogP contribution in [0.4, 0.5) is 0 Å². The van der Waals surface area contributed by atoms with Crippen molar-refractivity contribution in [3.63, 3.8) is 0 Å². The number of rotatable bonds is 14. The molecule has 0 aromatic rings. The van der Waals surface area contributed by atoms with Gasteiger partial charge in [-0.3, -0.25) is 0 Å². The highest BCUT2D eigenvalue weighted by molar-refractivity contribution is 5.66. The maximum absolute atomic E-state index is 11.3. The Kier molecular flexibility index (Phi) is 6.76. The minimum atomic E-state index is 0.158.